The van der Waals surface area contributed by atoms with E-state index >= 15 is 0 Å². The lowest BCUT2D eigenvalue weighted by Crippen LogP contribution is -2.38. The maximum absolute atomic E-state index is 11.8. The van der Waals surface area contributed by atoms with Gasteiger partial charge < -0.3 is 10.4 Å². The van der Waals surface area contributed by atoms with Crippen molar-refractivity contribution in [3.63, 3.8) is 0 Å². The van der Waals surface area contributed by atoms with Crippen molar-refractivity contribution >= 4 is 21.7 Å². The van der Waals surface area contributed by atoms with Crippen molar-refractivity contribution in [1.82, 2.24) is 5.32 Å². The maximum atomic E-state index is 11.8. The summed E-state index contributed by atoms with van der Waals surface area (Å²) in [6, 6.07) is 4.47. The van der Waals surface area contributed by atoms with Gasteiger partial charge in [-0.1, -0.05) is 13.0 Å². The van der Waals surface area contributed by atoms with Crippen molar-refractivity contribution in [3.05, 3.63) is 29.8 Å². The summed E-state index contributed by atoms with van der Waals surface area (Å²) >= 11 is 0. The molecule has 19 heavy (non-hydrogen) atoms. The molecular weight excluding hydrogens is 270 g/mol. The Morgan fingerprint density at radius 3 is 2.53 bits per heavy atom. The number of benzene rings is 1. The van der Waals surface area contributed by atoms with E-state index in [9.17, 15) is 18.0 Å². The molecule has 0 saturated carbocycles. The fourth-order valence-corrected chi connectivity index (χ4v) is 2.26. The lowest BCUT2D eigenvalue weighted by molar-refractivity contribution is -0.138. The lowest BCUT2D eigenvalue weighted by Gasteiger charge is -2.10. The Kier molecular flexibility index (Phi) is 4.66. The maximum Gasteiger partial charge on any atom is 0.325 e. The Labute approximate surface area is 111 Å². The second-order valence-corrected chi connectivity index (χ2v) is 6.24. The van der Waals surface area contributed by atoms with Crippen LogP contribution in [0.15, 0.2) is 29.2 Å². The molecule has 2 N–H and O–H groups in total. The Balaban J connectivity index is 3.00. The summed E-state index contributed by atoms with van der Waals surface area (Å²) in [5.41, 5.74) is 0.114. The smallest absolute Gasteiger partial charge is 0.325 e. The molecule has 0 spiro atoms. The average molecular weight is 285 g/mol. The Bertz CT molecular complexity index is 594. The van der Waals surface area contributed by atoms with E-state index in [1.807, 2.05) is 0 Å². The van der Waals surface area contributed by atoms with Gasteiger partial charge in [0.1, 0.15) is 6.04 Å². The van der Waals surface area contributed by atoms with E-state index in [1.54, 1.807) is 0 Å². The first kappa shape index (κ1) is 15.2. The number of hydrogen-bond donors (Lipinski definition) is 2. The third-order valence-corrected chi connectivity index (χ3v) is 4.29. The summed E-state index contributed by atoms with van der Waals surface area (Å²) in [6.45, 7) is 2.83. The summed E-state index contributed by atoms with van der Waals surface area (Å²) in [5, 5.41) is 10.9. The van der Waals surface area contributed by atoms with Gasteiger partial charge in [-0.2, -0.15) is 0 Å². The molecule has 1 rings (SSSR count). The summed E-state index contributed by atoms with van der Waals surface area (Å²) < 4.78 is 23.4. The predicted molar refractivity (Wildman–Crippen MR) is 68.7 cm³/mol. The van der Waals surface area contributed by atoms with Gasteiger partial charge in [0.05, 0.1) is 10.6 Å². The fraction of sp³-hybridized carbons (Fsp3) is 0.333. The summed E-state index contributed by atoms with van der Waals surface area (Å²) in [6.07, 6.45) is 0. The number of carbonyl (C=O) groups is 2. The number of hydrogen-bond acceptors (Lipinski definition) is 4. The molecule has 0 aromatic heterocycles. The molecule has 0 radical (unpaired) electrons. The molecule has 104 valence electrons. The van der Waals surface area contributed by atoms with Gasteiger partial charge in [0.25, 0.3) is 5.91 Å². The number of carbonyl (C=O) groups excluding carboxylic acids is 1. The van der Waals surface area contributed by atoms with E-state index < -0.39 is 27.8 Å². The number of carboxylic acids is 1. The number of amides is 1. The van der Waals surface area contributed by atoms with Gasteiger partial charge in [0.2, 0.25) is 0 Å². The predicted octanol–water partition coefficient (Wildman–Crippen LogP) is 0.683. The van der Waals surface area contributed by atoms with Gasteiger partial charge in [0, 0.05) is 5.56 Å². The van der Waals surface area contributed by atoms with Crippen LogP contribution in [0.4, 0.5) is 0 Å². The first-order chi connectivity index (χ1) is 8.77. The molecule has 0 aliphatic heterocycles. The Morgan fingerprint density at radius 2 is 2.00 bits per heavy atom. The minimum atomic E-state index is -3.40. The number of nitrogens with one attached hydrogen (secondary N) is 1. The van der Waals surface area contributed by atoms with Crippen LogP contribution in [0, 0.1) is 0 Å². The van der Waals surface area contributed by atoms with Crippen LogP contribution < -0.4 is 5.32 Å². The molecule has 0 aliphatic carbocycles. The Morgan fingerprint density at radius 1 is 1.37 bits per heavy atom. The largest absolute Gasteiger partial charge is 0.480 e. The minimum absolute atomic E-state index is 0.0469. The number of carboxylic acid groups (broad SMARTS) is 1. The first-order valence-corrected chi connectivity index (χ1v) is 7.29. The average Bonchev–Trinajstić information content (AvgIpc) is 2.38. The quantitative estimate of drug-likeness (QED) is 0.828. The van der Waals surface area contributed by atoms with Crippen LogP contribution >= 0.6 is 0 Å². The SMILES string of the molecule is CCS(=O)(=O)c1cccc(C(=O)N[C@@H](C)C(=O)O)c1. The van der Waals surface area contributed by atoms with E-state index in [0.29, 0.717) is 0 Å². The van der Waals surface area contributed by atoms with Crippen LogP contribution in [-0.2, 0) is 14.6 Å². The van der Waals surface area contributed by atoms with Crippen LogP contribution in [0.1, 0.15) is 24.2 Å². The molecule has 0 fully saturated rings. The highest BCUT2D eigenvalue weighted by atomic mass is 32.2. The van der Waals surface area contributed by atoms with Crippen LogP contribution in [0.25, 0.3) is 0 Å². The van der Waals surface area contributed by atoms with Crippen molar-refractivity contribution in [3.8, 4) is 0 Å². The minimum Gasteiger partial charge on any atom is -0.480 e. The van der Waals surface area contributed by atoms with E-state index in [-0.39, 0.29) is 16.2 Å². The highest BCUT2D eigenvalue weighted by molar-refractivity contribution is 7.91. The molecule has 1 atom stereocenters. The normalized spacial score (nSPS) is 12.7. The van der Waals surface area contributed by atoms with Crippen molar-refractivity contribution in [2.75, 3.05) is 5.75 Å². The van der Waals surface area contributed by atoms with E-state index in [0.717, 1.165) is 0 Å². The molecule has 0 saturated heterocycles. The molecular formula is C12H15NO5S. The summed E-state index contributed by atoms with van der Waals surface area (Å²) in [5.74, 6) is -1.85. The van der Waals surface area contributed by atoms with Gasteiger partial charge in [-0.25, -0.2) is 8.42 Å². The zero-order valence-electron chi connectivity index (χ0n) is 10.6. The first-order valence-electron chi connectivity index (χ1n) is 5.64. The van der Waals surface area contributed by atoms with E-state index in [1.165, 1.54) is 38.1 Å². The molecule has 6 nitrogen and oxygen atoms in total. The monoisotopic (exact) mass is 285 g/mol. The number of rotatable bonds is 5. The number of sulfone groups is 1. The molecule has 1 aromatic rings. The number of aliphatic carboxylic acids is 1. The zero-order chi connectivity index (χ0) is 14.6. The molecule has 0 bridgehead atoms. The molecule has 1 aromatic carbocycles. The third kappa shape index (κ3) is 3.78. The molecule has 0 aliphatic rings. The van der Waals surface area contributed by atoms with Crippen LogP contribution in [-0.4, -0.2) is 37.2 Å². The fourth-order valence-electron chi connectivity index (χ4n) is 1.34. The highest BCUT2D eigenvalue weighted by Crippen LogP contribution is 2.13. The Hall–Kier alpha value is -1.89. The van der Waals surface area contributed by atoms with Gasteiger partial charge >= 0.3 is 5.97 Å². The van der Waals surface area contributed by atoms with E-state index in [2.05, 4.69) is 5.32 Å². The molecule has 7 heteroatoms. The topological polar surface area (TPSA) is 101 Å². The van der Waals surface area contributed by atoms with Crippen LogP contribution in [0.5, 0.6) is 0 Å². The van der Waals surface area contributed by atoms with Crippen molar-refractivity contribution in [2.45, 2.75) is 24.8 Å². The highest BCUT2D eigenvalue weighted by Gasteiger charge is 2.17. The molecule has 0 heterocycles. The van der Waals surface area contributed by atoms with Crippen LogP contribution in [0.2, 0.25) is 0 Å². The van der Waals surface area contributed by atoms with E-state index in [4.69, 9.17) is 5.11 Å². The second-order valence-electron chi connectivity index (χ2n) is 3.96. The van der Waals surface area contributed by atoms with Gasteiger partial charge in [0.15, 0.2) is 9.84 Å². The second kappa shape index (κ2) is 5.83. The third-order valence-electron chi connectivity index (χ3n) is 2.55. The van der Waals surface area contributed by atoms with Gasteiger partial charge in [-0.05, 0) is 25.1 Å². The van der Waals surface area contributed by atoms with Crippen molar-refractivity contribution in [2.24, 2.45) is 0 Å². The van der Waals surface area contributed by atoms with Crippen LogP contribution in [0.3, 0.4) is 0 Å². The van der Waals surface area contributed by atoms with Gasteiger partial charge in [-0.3, -0.25) is 9.59 Å². The molecule has 0 unspecified atom stereocenters. The zero-order valence-corrected chi connectivity index (χ0v) is 11.4. The standard InChI is InChI=1S/C12H15NO5S/c1-3-19(17,18)10-6-4-5-9(7-10)11(14)13-8(2)12(15)16/h4-8H,3H2,1-2H3,(H,13,14)(H,15,16)/t8-/m0/s1. The van der Waals surface area contributed by atoms with Gasteiger partial charge in [-0.15, -0.1) is 0 Å². The van der Waals surface area contributed by atoms with Crippen molar-refractivity contribution in [1.29, 1.82) is 0 Å². The summed E-state index contributed by atoms with van der Waals surface area (Å²) in [7, 11) is -3.40. The lowest BCUT2D eigenvalue weighted by atomic mass is 10.2. The molecule has 1 amide bonds. The summed E-state index contributed by atoms with van der Waals surface area (Å²) in [4.78, 5) is 22.4. The van der Waals surface area contributed by atoms with Crippen molar-refractivity contribution < 1.29 is 23.1 Å².